The van der Waals surface area contributed by atoms with Gasteiger partial charge in [-0.25, -0.2) is 0 Å². The zero-order valence-electron chi connectivity index (χ0n) is 11.4. The second kappa shape index (κ2) is 7.39. The Hall–Kier alpha value is -1.06. The number of carbonyl (C=O) groups excluding carboxylic acids is 1. The Morgan fingerprint density at radius 2 is 1.61 bits per heavy atom. The van der Waals surface area contributed by atoms with Crippen LogP contribution < -0.4 is 5.32 Å². The van der Waals surface area contributed by atoms with Crippen LogP contribution in [-0.4, -0.2) is 23.5 Å². The molecule has 18 heavy (non-hydrogen) atoms. The van der Waals surface area contributed by atoms with E-state index in [1.165, 1.54) is 0 Å². The van der Waals surface area contributed by atoms with Crippen molar-refractivity contribution in [3.05, 3.63) is 0 Å². The summed E-state index contributed by atoms with van der Waals surface area (Å²) in [6.45, 7) is 5.03. The number of carbonyl (C=O) groups is 2. The lowest BCUT2D eigenvalue weighted by molar-refractivity contribution is -0.144. The lowest BCUT2D eigenvalue weighted by atomic mass is 9.81. The van der Waals surface area contributed by atoms with Gasteiger partial charge in [-0.15, -0.1) is 0 Å². The average Bonchev–Trinajstić information content (AvgIpc) is 2.39. The van der Waals surface area contributed by atoms with Crippen molar-refractivity contribution < 1.29 is 14.7 Å². The van der Waals surface area contributed by atoms with Crippen LogP contribution in [-0.2, 0) is 9.59 Å². The normalized spacial score (nSPS) is 23.9. The highest BCUT2D eigenvalue weighted by Gasteiger charge is 2.29. The quantitative estimate of drug-likeness (QED) is 0.766. The molecule has 1 rings (SSSR count). The van der Waals surface area contributed by atoms with Crippen LogP contribution in [0.25, 0.3) is 0 Å². The second-order valence-electron chi connectivity index (χ2n) is 5.31. The molecule has 0 aromatic heterocycles. The Morgan fingerprint density at radius 3 is 2.06 bits per heavy atom. The first-order valence-electron chi connectivity index (χ1n) is 7.08. The zero-order valence-corrected chi connectivity index (χ0v) is 11.4. The van der Waals surface area contributed by atoms with Gasteiger partial charge in [0, 0.05) is 12.5 Å². The van der Waals surface area contributed by atoms with E-state index >= 15 is 0 Å². The van der Waals surface area contributed by atoms with Gasteiger partial charge in [-0.1, -0.05) is 26.7 Å². The van der Waals surface area contributed by atoms with Crippen molar-refractivity contribution in [2.75, 3.05) is 6.54 Å². The van der Waals surface area contributed by atoms with Crippen LogP contribution in [0.15, 0.2) is 0 Å². The summed E-state index contributed by atoms with van der Waals surface area (Å²) in [6.07, 6.45) is 4.87. The van der Waals surface area contributed by atoms with Crippen molar-refractivity contribution in [2.24, 2.45) is 17.8 Å². The molecule has 0 bridgehead atoms. The first-order chi connectivity index (χ1) is 8.58. The lowest BCUT2D eigenvalue weighted by Crippen LogP contribution is -2.36. The van der Waals surface area contributed by atoms with Gasteiger partial charge in [-0.2, -0.15) is 0 Å². The minimum Gasteiger partial charge on any atom is -0.481 e. The van der Waals surface area contributed by atoms with Gasteiger partial charge >= 0.3 is 5.97 Å². The predicted octanol–water partition coefficient (Wildman–Crippen LogP) is 2.43. The van der Waals surface area contributed by atoms with Gasteiger partial charge in [-0.3, -0.25) is 9.59 Å². The highest BCUT2D eigenvalue weighted by atomic mass is 16.4. The number of aliphatic carboxylic acids is 1. The van der Waals surface area contributed by atoms with E-state index in [4.69, 9.17) is 5.11 Å². The summed E-state index contributed by atoms with van der Waals surface area (Å²) >= 11 is 0. The van der Waals surface area contributed by atoms with E-state index < -0.39 is 5.97 Å². The molecule has 0 heterocycles. The monoisotopic (exact) mass is 255 g/mol. The van der Waals surface area contributed by atoms with Gasteiger partial charge in [0.25, 0.3) is 0 Å². The predicted molar refractivity (Wildman–Crippen MR) is 70.2 cm³/mol. The summed E-state index contributed by atoms with van der Waals surface area (Å²) in [6, 6.07) is 0. The summed E-state index contributed by atoms with van der Waals surface area (Å²) in [5, 5.41) is 11.9. The zero-order chi connectivity index (χ0) is 13.5. The third kappa shape index (κ3) is 4.31. The minimum absolute atomic E-state index is 0.0231. The molecule has 1 aliphatic rings. The van der Waals surface area contributed by atoms with Crippen molar-refractivity contribution in [3.63, 3.8) is 0 Å². The maximum absolute atomic E-state index is 12.0. The van der Waals surface area contributed by atoms with Crippen LogP contribution in [0.3, 0.4) is 0 Å². The number of nitrogens with one attached hydrogen (secondary N) is 1. The molecule has 1 aliphatic carbocycles. The molecule has 0 aromatic rings. The van der Waals surface area contributed by atoms with Crippen LogP contribution in [0.5, 0.6) is 0 Å². The molecular formula is C14H25NO3. The van der Waals surface area contributed by atoms with Crippen LogP contribution in [0, 0.1) is 17.8 Å². The third-order valence-corrected chi connectivity index (χ3v) is 4.17. The Kier molecular flexibility index (Phi) is 6.16. The van der Waals surface area contributed by atoms with Crippen molar-refractivity contribution in [1.82, 2.24) is 5.32 Å². The first kappa shape index (κ1) is 15.0. The summed E-state index contributed by atoms with van der Waals surface area (Å²) in [5.74, 6) is -0.260. The number of rotatable bonds is 6. The minimum atomic E-state index is -0.717. The summed E-state index contributed by atoms with van der Waals surface area (Å²) in [5.41, 5.74) is 0. The van der Waals surface area contributed by atoms with Crippen molar-refractivity contribution in [2.45, 2.75) is 52.4 Å². The Morgan fingerprint density at radius 1 is 1.11 bits per heavy atom. The van der Waals surface area contributed by atoms with E-state index in [0.29, 0.717) is 31.6 Å². The largest absolute Gasteiger partial charge is 0.481 e. The fourth-order valence-electron chi connectivity index (χ4n) is 2.57. The summed E-state index contributed by atoms with van der Waals surface area (Å²) in [4.78, 5) is 22.8. The second-order valence-corrected chi connectivity index (χ2v) is 5.31. The molecule has 1 saturated carbocycles. The summed E-state index contributed by atoms with van der Waals surface area (Å²) < 4.78 is 0. The third-order valence-electron chi connectivity index (χ3n) is 4.17. The molecule has 4 heteroatoms. The topological polar surface area (TPSA) is 66.4 Å². The van der Waals surface area contributed by atoms with E-state index in [-0.39, 0.29) is 17.7 Å². The Balaban J connectivity index is 2.29. The molecule has 0 unspecified atom stereocenters. The molecule has 104 valence electrons. The Bertz CT molecular complexity index is 279. The van der Waals surface area contributed by atoms with Gasteiger partial charge in [-0.05, 0) is 31.6 Å². The number of hydrogen-bond donors (Lipinski definition) is 2. The molecule has 0 radical (unpaired) electrons. The molecule has 0 spiro atoms. The molecule has 4 nitrogen and oxygen atoms in total. The number of carboxylic acid groups (broad SMARTS) is 1. The summed E-state index contributed by atoms with van der Waals surface area (Å²) in [7, 11) is 0. The molecular weight excluding hydrogens is 230 g/mol. The fourth-order valence-corrected chi connectivity index (χ4v) is 2.57. The standard InChI is InChI=1S/C14H25NO3/c1-3-10(4-2)9-15-13(16)11-5-7-12(8-6-11)14(17)18/h10-12H,3-9H2,1-2H3,(H,15,16)(H,17,18). The van der Waals surface area contributed by atoms with Gasteiger partial charge in [0.15, 0.2) is 0 Å². The van der Waals surface area contributed by atoms with E-state index in [9.17, 15) is 9.59 Å². The maximum Gasteiger partial charge on any atom is 0.306 e. The number of hydrogen-bond acceptors (Lipinski definition) is 2. The van der Waals surface area contributed by atoms with Crippen molar-refractivity contribution in [1.29, 1.82) is 0 Å². The van der Waals surface area contributed by atoms with Gasteiger partial charge < -0.3 is 10.4 Å². The smallest absolute Gasteiger partial charge is 0.306 e. The van der Waals surface area contributed by atoms with Gasteiger partial charge in [0.2, 0.25) is 5.91 Å². The van der Waals surface area contributed by atoms with Gasteiger partial charge in [0.05, 0.1) is 5.92 Å². The van der Waals surface area contributed by atoms with Crippen LogP contribution in [0.1, 0.15) is 52.4 Å². The van der Waals surface area contributed by atoms with E-state index in [1.54, 1.807) is 0 Å². The number of carboxylic acids is 1. The van der Waals surface area contributed by atoms with Crippen LogP contribution in [0.2, 0.25) is 0 Å². The molecule has 0 atom stereocenters. The van der Waals surface area contributed by atoms with Crippen LogP contribution >= 0.6 is 0 Å². The van der Waals surface area contributed by atoms with Crippen LogP contribution in [0.4, 0.5) is 0 Å². The fraction of sp³-hybridized carbons (Fsp3) is 0.857. The van der Waals surface area contributed by atoms with E-state index in [1.807, 2.05) is 0 Å². The molecule has 0 aliphatic heterocycles. The Labute approximate surface area is 109 Å². The highest BCUT2D eigenvalue weighted by molar-refractivity contribution is 5.79. The average molecular weight is 255 g/mol. The number of amides is 1. The van der Waals surface area contributed by atoms with Crippen molar-refractivity contribution >= 4 is 11.9 Å². The SMILES string of the molecule is CCC(CC)CNC(=O)C1CCC(C(=O)O)CC1. The van der Waals surface area contributed by atoms with Crippen molar-refractivity contribution in [3.8, 4) is 0 Å². The van der Waals surface area contributed by atoms with Gasteiger partial charge in [0.1, 0.15) is 0 Å². The molecule has 2 N–H and O–H groups in total. The van der Waals surface area contributed by atoms with E-state index in [2.05, 4.69) is 19.2 Å². The maximum atomic E-state index is 12.0. The molecule has 0 aromatic carbocycles. The molecule has 1 amide bonds. The first-order valence-corrected chi connectivity index (χ1v) is 7.08. The van der Waals surface area contributed by atoms with E-state index in [0.717, 1.165) is 19.4 Å². The molecule has 0 saturated heterocycles. The lowest BCUT2D eigenvalue weighted by Gasteiger charge is -2.25. The highest BCUT2D eigenvalue weighted by Crippen LogP contribution is 2.29. The molecule has 1 fully saturated rings.